The normalized spacial score (nSPS) is 15.0. The summed E-state index contributed by atoms with van der Waals surface area (Å²) in [6, 6.07) is 0. The Balaban J connectivity index is 1.81. The minimum Gasteiger partial charge on any atom is -0.333 e. The Morgan fingerprint density at radius 1 is 1.30 bits per heavy atom. The van der Waals surface area contributed by atoms with Crippen molar-refractivity contribution in [3.05, 3.63) is 23.7 Å². The maximum atomic E-state index is 11.0. The van der Waals surface area contributed by atoms with E-state index in [0.29, 0.717) is 18.3 Å². The van der Waals surface area contributed by atoms with E-state index < -0.39 is 0 Å². The van der Waals surface area contributed by atoms with Crippen molar-refractivity contribution < 1.29 is 4.79 Å². The monoisotopic (exact) mass is 314 g/mol. The van der Waals surface area contributed by atoms with Gasteiger partial charge in [0.25, 0.3) is 5.95 Å². The van der Waals surface area contributed by atoms with Crippen molar-refractivity contribution in [1.82, 2.24) is 30.2 Å². The van der Waals surface area contributed by atoms with Crippen LogP contribution in [0.15, 0.2) is 18.0 Å². The summed E-state index contributed by atoms with van der Waals surface area (Å²) in [6.45, 7) is 5.04. The summed E-state index contributed by atoms with van der Waals surface area (Å²) in [6.07, 6.45) is 4.15. The first-order valence-corrected chi connectivity index (χ1v) is 7.30. The van der Waals surface area contributed by atoms with Crippen LogP contribution in [0, 0.1) is 0 Å². The Labute approximate surface area is 133 Å². The third kappa shape index (κ3) is 3.33. The minimum atomic E-state index is -0.167. The number of aromatic nitrogens is 6. The average Bonchev–Trinajstić information content (AvgIpc) is 2.95. The predicted octanol–water partition coefficient (Wildman–Crippen LogP) is 0.642. The molecule has 1 amide bonds. The molecule has 1 aliphatic rings. The highest BCUT2D eigenvalue weighted by Crippen LogP contribution is 2.26. The number of amides is 1. The van der Waals surface area contributed by atoms with Crippen molar-refractivity contribution >= 4 is 23.2 Å². The van der Waals surface area contributed by atoms with Crippen LogP contribution in [0.2, 0.25) is 0 Å². The number of tetrazole rings is 1. The Kier molecular flexibility index (Phi) is 4.00. The summed E-state index contributed by atoms with van der Waals surface area (Å²) in [5.41, 5.74) is 3.17. The standard InChI is InChI=1S/C14H18N8O/c1-9-4-5-22(14-18-20-21(3)19-14)8-11(9)12-6-16-13(7-15-12)17-10(2)23/h6-7H,4-5,8H2,1-3H3,(H,16,17,23). The fourth-order valence-electron chi connectivity index (χ4n) is 2.46. The van der Waals surface area contributed by atoms with Gasteiger partial charge in [-0.15, -0.1) is 5.10 Å². The van der Waals surface area contributed by atoms with Crippen LogP contribution in [0.25, 0.3) is 5.57 Å². The highest BCUT2D eigenvalue weighted by atomic mass is 16.1. The molecular formula is C14H18N8O. The quantitative estimate of drug-likeness (QED) is 0.887. The maximum Gasteiger partial charge on any atom is 0.266 e. The van der Waals surface area contributed by atoms with Crippen LogP contribution in [0.5, 0.6) is 0 Å². The average molecular weight is 314 g/mol. The summed E-state index contributed by atoms with van der Waals surface area (Å²) in [4.78, 5) is 23.2. The zero-order chi connectivity index (χ0) is 16.4. The summed E-state index contributed by atoms with van der Waals surface area (Å²) < 4.78 is 0. The Bertz CT molecular complexity index is 748. The van der Waals surface area contributed by atoms with Gasteiger partial charge in [-0.1, -0.05) is 10.7 Å². The van der Waals surface area contributed by atoms with E-state index in [1.807, 2.05) is 0 Å². The number of carbonyl (C=O) groups excluding carboxylic acids is 1. The van der Waals surface area contributed by atoms with Gasteiger partial charge < -0.3 is 10.2 Å². The smallest absolute Gasteiger partial charge is 0.266 e. The molecule has 3 rings (SSSR count). The largest absolute Gasteiger partial charge is 0.333 e. The third-order valence-corrected chi connectivity index (χ3v) is 3.67. The van der Waals surface area contributed by atoms with Crippen LogP contribution in [-0.4, -0.2) is 49.2 Å². The maximum absolute atomic E-state index is 11.0. The first-order chi connectivity index (χ1) is 11.0. The Morgan fingerprint density at radius 2 is 2.13 bits per heavy atom. The molecule has 0 unspecified atom stereocenters. The molecule has 2 aromatic rings. The molecule has 9 heteroatoms. The van der Waals surface area contributed by atoms with Gasteiger partial charge in [0.1, 0.15) is 0 Å². The number of carbonyl (C=O) groups is 1. The van der Waals surface area contributed by atoms with Gasteiger partial charge in [-0.3, -0.25) is 9.78 Å². The first kappa shape index (κ1) is 15.1. The molecule has 1 N–H and O–H groups in total. The van der Waals surface area contributed by atoms with Gasteiger partial charge in [-0.25, -0.2) is 4.98 Å². The molecule has 0 aliphatic carbocycles. The topological polar surface area (TPSA) is 102 Å². The van der Waals surface area contributed by atoms with Crippen molar-refractivity contribution in [2.45, 2.75) is 20.3 Å². The lowest BCUT2D eigenvalue weighted by Gasteiger charge is -2.28. The Hall–Kier alpha value is -2.84. The van der Waals surface area contributed by atoms with E-state index in [4.69, 9.17) is 0 Å². The molecule has 0 atom stereocenters. The van der Waals surface area contributed by atoms with Gasteiger partial charge in [0.15, 0.2) is 5.82 Å². The van der Waals surface area contributed by atoms with Gasteiger partial charge >= 0.3 is 0 Å². The number of hydrogen-bond donors (Lipinski definition) is 1. The highest BCUT2D eigenvalue weighted by molar-refractivity contribution is 5.87. The van der Waals surface area contributed by atoms with Crippen LogP contribution in [0.3, 0.4) is 0 Å². The van der Waals surface area contributed by atoms with Crippen LogP contribution < -0.4 is 10.2 Å². The van der Waals surface area contributed by atoms with Crippen LogP contribution >= 0.6 is 0 Å². The van der Waals surface area contributed by atoms with E-state index in [0.717, 1.165) is 24.2 Å². The van der Waals surface area contributed by atoms with Crippen molar-refractivity contribution in [3.63, 3.8) is 0 Å². The van der Waals surface area contributed by atoms with Crippen LogP contribution in [0.4, 0.5) is 11.8 Å². The fourth-order valence-corrected chi connectivity index (χ4v) is 2.46. The molecule has 1 aliphatic heterocycles. The lowest BCUT2D eigenvalue weighted by Crippen LogP contribution is -2.32. The van der Waals surface area contributed by atoms with E-state index in [9.17, 15) is 4.79 Å². The molecule has 2 aromatic heterocycles. The summed E-state index contributed by atoms with van der Waals surface area (Å²) in [7, 11) is 1.74. The second-order valence-electron chi connectivity index (χ2n) is 5.48. The highest BCUT2D eigenvalue weighted by Gasteiger charge is 2.22. The minimum absolute atomic E-state index is 0.167. The van der Waals surface area contributed by atoms with Crippen molar-refractivity contribution in [2.75, 3.05) is 23.3 Å². The molecule has 0 saturated heterocycles. The summed E-state index contributed by atoms with van der Waals surface area (Å²) in [5.74, 6) is 0.892. The number of nitrogens with zero attached hydrogens (tertiary/aromatic N) is 7. The number of hydrogen-bond acceptors (Lipinski definition) is 7. The van der Waals surface area contributed by atoms with E-state index >= 15 is 0 Å². The zero-order valence-corrected chi connectivity index (χ0v) is 13.3. The molecule has 120 valence electrons. The summed E-state index contributed by atoms with van der Waals surface area (Å²) in [5, 5.41) is 14.8. The zero-order valence-electron chi connectivity index (χ0n) is 13.3. The fraction of sp³-hybridized carbons (Fsp3) is 0.429. The molecule has 0 saturated carbocycles. The Morgan fingerprint density at radius 3 is 2.74 bits per heavy atom. The van der Waals surface area contributed by atoms with Gasteiger partial charge in [-0.2, -0.15) is 4.80 Å². The lowest BCUT2D eigenvalue weighted by atomic mass is 9.99. The van der Waals surface area contributed by atoms with Gasteiger partial charge in [-0.05, 0) is 24.1 Å². The van der Waals surface area contributed by atoms with E-state index in [-0.39, 0.29) is 5.91 Å². The molecule has 0 radical (unpaired) electrons. The summed E-state index contributed by atoms with van der Waals surface area (Å²) >= 11 is 0. The number of aryl methyl sites for hydroxylation is 1. The second kappa shape index (κ2) is 6.11. The van der Waals surface area contributed by atoms with E-state index in [1.165, 1.54) is 17.3 Å². The molecule has 3 heterocycles. The molecule has 9 nitrogen and oxygen atoms in total. The van der Waals surface area contributed by atoms with E-state index in [1.54, 1.807) is 19.4 Å². The van der Waals surface area contributed by atoms with Crippen molar-refractivity contribution in [2.24, 2.45) is 7.05 Å². The number of rotatable bonds is 3. The molecule has 23 heavy (non-hydrogen) atoms. The predicted molar refractivity (Wildman–Crippen MR) is 84.6 cm³/mol. The van der Waals surface area contributed by atoms with Crippen LogP contribution in [-0.2, 0) is 11.8 Å². The van der Waals surface area contributed by atoms with Gasteiger partial charge in [0, 0.05) is 20.0 Å². The SMILES string of the molecule is CC(=O)Nc1cnc(C2=C(C)CCN(c3nnn(C)n3)C2)cn1. The first-order valence-electron chi connectivity index (χ1n) is 7.30. The second-order valence-corrected chi connectivity index (χ2v) is 5.48. The molecule has 0 spiro atoms. The number of nitrogens with one attached hydrogen (secondary N) is 1. The third-order valence-electron chi connectivity index (χ3n) is 3.67. The number of anilines is 2. The van der Waals surface area contributed by atoms with Gasteiger partial charge in [0.05, 0.1) is 25.1 Å². The molecule has 0 aromatic carbocycles. The van der Waals surface area contributed by atoms with Crippen molar-refractivity contribution in [3.8, 4) is 0 Å². The van der Waals surface area contributed by atoms with Crippen LogP contribution in [0.1, 0.15) is 26.0 Å². The molecular weight excluding hydrogens is 296 g/mol. The molecule has 0 bridgehead atoms. The molecule has 0 fully saturated rings. The lowest BCUT2D eigenvalue weighted by molar-refractivity contribution is -0.114. The van der Waals surface area contributed by atoms with Gasteiger partial charge in [0.2, 0.25) is 5.91 Å². The van der Waals surface area contributed by atoms with Crippen molar-refractivity contribution in [1.29, 1.82) is 0 Å². The van der Waals surface area contributed by atoms with E-state index in [2.05, 4.69) is 42.5 Å².